The van der Waals surface area contributed by atoms with Gasteiger partial charge in [0.2, 0.25) is 5.91 Å². The number of nitrogens with two attached hydrogens (primary N) is 1. The van der Waals surface area contributed by atoms with Crippen LogP contribution in [0.1, 0.15) is 37.3 Å². The second-order valence-corrected chi connectivity index (χ2v) is 4.31. The van der Waals surface area contributed by atoms with Gasteiger partial charge in [0.25, 0.3) is 0 Å². The van der Waals surface area contributed by atoms with E-state index in [-0.39, 0.29) is 5.91 Å². The predicted octanol–water partition coefficient (Wildman–Crippen LogP) is 2.16. The highest BCUT2D eigenvalue weighted by molar-refractivity contribution is 5.87. The third-order valence-corrected chi connectivity index (χ3v) is 3.66. The molecule has 2 rings (SSSR count). The lowest BCUT2D eigenvalue weighted by atomic mass is 9.68. The maximum atomic E-state index is 11.7. The van der Waals surface area contributed by atoms with Crippen molar-refractivity contribution in [1.29, 1.82) is 0 Å². The first-order valence-corrected chi connectivity index (χ1v) is 5.59. The first-order chi connectivity index (χ1) is 7.20. The van der Waals surface area contributed by atoms with Gasteiger partial charge in [-0.25, -0.2) is 0 Å². The zero-order valence-corrected chi connectivity index (χ0v) is 9.12. The molecule has 0 saturated carbocycles. The molecule has 0 aromatic heterocycles. The highest BCUT2D eigenvalue weighted by Gasteiger charge is 2.39. The van der Waals surface area contributed by atoms with Gasteiger partial charge in [0, 0.05) is 0 Å². The number of amides is 1. The van der Waals surface area contributed by atoms with Crippen molar-refractivity contribution in [3.8, 4) is 0 Å². The van der Waals surface area contributed by atoms with E-state index in [4.69, 9.17) is 5.73 Å². The van der Waals surface area contributed by atoms with Crippen LogP contribution in [0, 0.1) is 0 Å². The summed E-state index contributed by atoms with van der Waals surface area (Å²) in [6, 6.07) is 8.20. The molecule has 0 aliphatic heterocycles. The molecule has 2 nitrogen and oxygen atoms in total. The first kappa shape index (κ1) is 10.2. The molecule has 1 aromatic rings. The molecule has 0 spiro atoms. The van der Waals surface area contributed by atoms with Crippen molar-refractivity contribution in [3.05, 3.63) is 35.4 Å². The van der Waals surface area contributed by atoms with E-state index >= 15 is 0 Å². The molecule has 15 heavy (non-hydrogen) atoms. The quantitative estimate of drug-likeness (QED) is 0.786. The van der Waals surface area contributed by atoms with Gasteiger partial charge in [-0.2, -0.15) is 0 Å². The van der Waals surface area contributed by atoms with Crippen LogP contribution in [-0.2, 0) is 16.6 Å². The Morgan fingerprint density at radius 2 is 2.20 bits per heavy atom. The van der Waals surface area contributed by atoms with Crippen molar-refractivity contribution < 1.29 is 4.79 Å². The summed E-state index contributed by atoms with van der Waals surface area (Å²) in [5, 5.41) is 0. The monoisotopic (exact) mass is 203 g/mol. The van der Waals surface area contributed by atoms with Crippen molar-refractivity contribution in [1.82, 2.24) is 0 Å². The molecule has 1 aliphatic rings. The molecule has 1 atom stereocenters. The standard InChI is InChI=1S/C13H17NO/c1-2-13(12(14)15)9-5-7-10-6-3-4-8-11(10)13/h3-4,6,8H,2,5,7,9H2,1H3,(H2,14,15). The fraction of sp³-hybridized carbons (Fsp3) is 0.462. The number of fused-ring (bicyclic) bond motifs is 1. The third kappa shape index (κ3) is 1.44. The van der Waals surface area contributed by atoms with Gasteiger partial charge in [0.05, 0.1) is 5.41 Å². The zero-order valence-electron chi connectivity index (χ0n) is 9.12. The Balaban J connectivity index is 2.57. The minimum Gasteiger partial charge on any atom is -0.369 e. The number of carbonyl (C=O) groups excluding carboxylic acids is 1. The molecule has 1 amide bonds. The lowest BCUT2D eigenvalue weighted by Crippen LogP contribution is -2.43. The van der Waals surface area contributed by atoms with Crippen LogP contribution in [0.2, 0.25) is 0 Å². The second-order valence-electron chi connectivity index (χ2n) is 4.31. The molecule has 0 saturated heterocycles. The Kier molecular flexibility index (Phi) is 2.51. The molecule has 1 aromatic carbocycles. The van der Waals surface area contributed by atoms with Crippen LogP contribution in [0.3, 0.4) is 0 Å². The van der Waals surface area contributed by atoms with E-state index in [9.17, 15) is 4.79 Å². The minimum absolute atomic E-state index is 0.169. The lowest BCUT2D eigenvalue weighted by Gasteiger charge is -2.35. The number of primary amides is 1. The number of aryl methyl sites for hydroxylation is 1. The summed E-state index contributed by atoms with van der Waals surface area (Å²) in [6.07, 6.45) is 3.84. The Labute approximate surface area is 90.5 Å². The molecule has 1 unspecified atom stereocenters. The number of rotatable bonds is 2. The number of hydrogen-bond donors (Lipinski definition) is 1. The van der Waals surface area contributed by atoms with E-state index < -0.39 is 5.41 Å². The molecule has 80 valence electrons. The van der Waals surface area contributed by atoms with Crippen LogP contribution >= 0.6 is 0 Å². The Morgan fingerprint density at radius 1 is 1.47 bits per heavy atom. The van der Waals surface area contributed by atoms with E-state index in [1.54, 1.807) is 0 Å². The number of carbonyl (C=O) groups is 1. The summed E-state index contributed by atoms with van der Waals surface area (Å²) >= 11 is 0. The van der Waals surface area contributed by atoms with Crippen LogP contribution < -0.4 is 5.73 Å². The zero-order chi connectivity index (χ0) is 10.9. The fourth-order valence-corrected chi connectivity index (χ4v) is 2.72. The van der Waals surface area contributed by atoms with Gasteiger partial charge in [-0.15, -0.1) is 0 Å². The summed E-state index contributed by atoms with van der Waals surface area (Å²) in [6.45, 7) is 2.05. The van der Waals surface area contributed by atoms with Gasteiger partial charge in [0.15, 0.2) is 0 Å². The summed E-state index contributed by atoms with van der Waals surface area (Å²) in [5.74, 6) is -0.169. The molecule has 2 N–H and O–H groups in total. The van der Waals surface area contributed by atoms with Crippen LogP contribution in [0.25, 0.3) is 0 Å². The molecule has 0 radical (unpaired) electrons. The Morgan fingerprint density at radius 3 is 2.87 bits per heavy atom. The first-order valence-electron chi connectivity index (χ1n) is 5.59. The summed E-state index contributed by atoms with van der Waals surface area (Å²) in [7, 11) is 0. The number of benzene rings is 1. The van der Waals surface area contributed by atoms with Gasteiger partial charge in [-0.1, -0.05) is 31.2 Å². The van der Waals surface area contributed by atoms with Crippen LogP contribution in [-0.4, -0.2) is 5.91 Å². The normalized spacial score (nSPS) is 24.6. The average molecular weight is 203 g/mol. The van der Waals surface area contributed by atoms with Crippen LogP contribution in [0.4, 0.5) is 0 Å². The van der Waals surface area contributed by atoms with Crippen molar-refractivity contribution in [2.75, 3.05) is 0 Å². The van der Waals surface area contributed by atoms with Crippen molar-refractivity contribution in [2.24, 2.45) is 5.73 Å². The lowest BCUT2D eigenvalue weighted by molar-refractivity contribution is -0.124. The minimum atomic E-state index is -0.408. The van der Waals surface area contributed by atoms with Crippen molar-refractivity contribution in [2.45, 2.75) is 38.0 Å². The maximum Gasteiger partial charge on any atom is 0.228 e. The van der Waals surface area contributed by atoms with E-state index in [0.717, 1.165) is 31.2 Å². The van der Waals surface area contributed by atoms with Gasteiger partial charge in [-0.3, -0.25) is 4.79 Å². The van der Waals surface area contributed by atoms with E-state index in [0.29, 0.717) is 0 Å². The predicted molar refractivity (Wildman–Crippen MR) is 60.5 cm³/mol. The van der Waals surface area contributed by atoms with Gasteiger partial charge in [-0.05, 0) is 36.8 Å². The smallest absolute Gasteiger partial charge is 0.228 e. The van der Waals surface area contributed by atoms with Crippen molar-refractivity contribution in [3.63, 3.8) is 0 Å². The largest absolute Gasteiger partial charge is 0.369 e. The van der Waals surface area contributed by atoms with E-state index in [2.05, 4.69) is 12.1 Å². The maximum absolute atomic E-state index is 11.7. The molecule has 2 heteroatoms. The molecule has 0 fully saturated rings. The summed E-state index contributed by atoms with van der Waals surface area (Å²) < 4.78 is 0. The highest BCUT2D eigenvalue weighted by Crippen LogP contribution is 2.39. The Bertz CT molecular complexity index is 386. The van der Waals surface area contributed by atoms with Gasteiger partial charge in [0.1, 0.15) is 0 Å². The topological polar surface area (TPSA) is 43.1 Å². The molecule has 1 aliphatic carbocycles. The van der Waals surface area contributed by atoms with E-state index in [1.807, 2.05) is 19.1 Å². The molecular weight excluding hydrogens is 186 g/mol. The van der Waals surface area contributed by atoms with E-state index in [1.165, 1.54) is 5.56 Å². The van der Waals surface area contributed by atoms with Gasteiger partial charge < -0.3 is 5.73 Å². The fourth-order valence-electron chi connectivity index (χ4n) is 2.72. The molecule has 0 heterocycles. The van der Waals surface area contributed by atoms with Crippen molar-refractivity contribution >= 4 is 5.91 Å². The molecule has 0 bridgehead atoms. The Hall–Kier alpha value is -1.31. The van der Waals surface area contributed by atoms with Crippen LogP contribution in [0.5, 0.6) is 0 Å². The summed E-state index contributed by atoms with van der Waals surface area (Å²) in [4.78, 5) is 11.7. The third-order valence-electron chi connectivity index (χ3n) is 3.66. The SMILES string of the molecule is CCC1(C(N)=O)CCCc2ccccc21. The number of hydrogen-bond acceptors (Lipinski definition) is 1. The summed E-state index contributed by atoms with van der Waals surface area (Å²) in [5.41, 5.74) is 7.64. The highest BCUT2D eigenvalue weighted by atomic mass is 16.1. The van der Waals surface area contributed by atoms with Gasteiger partial charge >= 0.3 is 0 Å². The molecular formula is C13H17NO. The average Bonchev–Trinajstić information content (AvgIpc) is 2.28. The second kappa shape index (κ2) is 3.69. The van der Waals surface area contributed by atoms with Crippen LogP contribution in [0.15, 0.2) is 24.3 Å².